The topological polar surface area (TPSA) is 125 Å². The van der Waals surface area contributed by atoms with Crippen LogP contribution in [0.15, 0.2) is 22.8 Å². The third-order valence-electron chi connectivity index (χ3n) is 6.00. The van der Waals surface area contributed by atoms with Gasteiger partial charge in [-0.15, -0.1) is 0 Å². The van der Waals surface area contributed by atoms with Crippen molar-refractivity contribution in [1.29, 1.82) is 0 Å². The average molecular weight is 413 g/mol. The van der Waals surface area contributed by atoms with Crippen LogP contribution in [-0.4, -0.2) is 39.2 Å². The van der Waals surface area contributed by atoms with Gasteiger partial charge in [-0.25, -0.2) is 4.98 Å². The predicted molar refractivity (Wildman–Crippen MR) is 110 cm³/mol. The summed E-state index contributed by atoms with van der Waals surface area (Å²) in [6.45, 7) is 3.68. The largest absolute Gasteiger partial charge is 0.507 e. The average Bonchev–Trinajstić information content (AvgIpc) is 3.43. The first-order chi connectivity index (χ1) is 14.3. The van der Waals surface area contributed by atoms with Gasteiger partial charge in [-0.1, -0.05) is 13.3 Å². The van der Waals surface area contributed by atoms with Crippen molar-refractivity contribution in [2.45, 2.75) is 64.0 Å². The second-order valence-electron chi connectivity index (χ2n) is 8.46. The summed E-state index contributed by atoms with van der Waals surface area (Å²) in [6.07, 6.45) is 5.27. The second kappa shape index (κ2) is 8.10. The Labute approximate surface area is 174 Å². The van der Waals surface area contributed by atoms with E-state index in [0.29, 0.717) is 29.5 Å². The second-order valence-corrected chi connectivity index (χ2v) is 8.46. The first-order valence-electron chi connectivity index (χ1n) is 10.4. The van der Waals surface area contributed by atoms with Crippen molar-refractivity contribution in [3.63, 3.8) is 0 Å². The number of carbonyl (C=O) groups is 2. The summed E-state index contributed by atoms with van der Waals surface area (Å²) in [4.78, 5) is 29.6. The first kappa shape index (κ1) is 20.4. The zero-order valence-electron chi connectivity index (χ0n) is 17.1. The number of nitrogens with one attached hydrogen (secondary N) is 2. The summed E-state index contributed by atoms with van der Waals surface area (Å²) >= 11 is 0. The number of aromatic nitrogens is 1. The van der Waals surface area contributed by atoms with Crippen LogP contribution in [-0.2, 0) is 0 Å². The van der Waals surface area contributed by atoms with Crippen LogP contribution in [0.1, 0.15) is 77.2 Å². The molecule has 1 heterocycles. The molecule has 2 fully saturated rings. The molecular formula is C22H27N3O5. The Balaban J connectivity index is 1.49. The van der Waals surface area contributed by atoms with Crippen molar-refractivity contribution in [2.24, 2.45) is 5.92 Å². The number of aliphatic hydroxyl groups excluding tert-OH is 1. The number of phenols is 1. The van der Waals surface area contributed by atoms with E-state index in [1.165, 1.54) is 18.4 Å². The molecule has 4 N–H and O–H groups in total. The van der Waals surface area contributed by atoms with Crippen molar-refractivity contribution in [1.82, 2.24) is 10.3 Å². The van der Waals surface area contributed by atoms with Crippen molar-refractivity contribution in [3.8, 4) is 5.75 Å². The van der Waals surface area contributed by atoms with Crippen molar-refractivity contribution < 1.29 is 24.2 Å². The minimum absolute atomic E-state index is 0.0418. The smallest absolute Gasteiger partial charge is 0.277 e. The summed E-state index contributed by atoms with van der Waals surface area (Å²) in [7, 11) is 0. The van der Waals surface area contributed by atoms with Crippen molar-refractivity contribution >= 4 is 17.5 Å². The number of amides is 2. The summed E-state index contributed by atoms with van der Waals surface area (Å²) in [5.74, 6) is -0.133. The molecule has 160 valence electrons. The molecule has 4 rings (SSSR count). The maximum absolute atomic E-state index is 12.8. The molecule has 0 radical (unpaired) electrons. The Hall–Kier alpha value is -2.87. The minimum atomic E-state index is -0.623. The van der Waals surface area contributed by atoms with E-state index in [9.17, 15) is 19.8 Å². The first-order valence-corrected chi connectivity index (χ1v) is 10.4. The molecule has 0 aliphatic heterocycles. The van der Waals surface area contributed by atoms with Gasteiger partial charge in [-0.2, -0.15) is 0 Å². The van der Waals surface area contributed by atoms with Crippen LogP contribution in [0.2, 0.25) is 0 Å². The zero-order valence-corrected chi connectivity index (χ0v) is 17.1. The summed E-state index contributed by atoms with van der Waals surface area (Å²) in [5, 5.41) is 26.2. The normalized spacial score (nSPS) is 23.8. The summed E-state index contributed by atoms with van der Waals surface area (Å²) in [5.41, 5.74) is 1.22. The lowest BCUT2D eigenvalue weighted by molar-refractivity contribution is 0.0419. The fraction of sp³-hybridized carbons (Fsp3) is 0.500. The lowest BCUT2D eigenvalue weighted by Gasteiger charge is -2.33. The number of hydrogen-bond donors (Lipinski definition) is 4. The monoisotopic (exact) mass is 413 g/mol. The number of benzene rings is 1. The van der Waals surface area contributed by atoms with Gasteiger partial charge in [-0.3, -0.25) is 9.59 Å². The molecule has 8 heteroatoms. The number of carbonyl (C=O) groups excluding carboxylic acids is 2. The lowest BCUT2D eigenvalue weighted by atomic mass is 9.84. The van der Waals surface area contributed by atoms with Crippen molar-refractivity contribution in [3.05, 3.63) is 41.1 Å². The number of hydrogen-bond acceptors (Lipinski definition) is 6. The number of anilines is 1. The van der Waals surface area contributed by atoms with E-state index in [4.69, 9.17) is 4.42 Å². The Bertz CT molecular complexity index is 966. The molecule has 3 atom stereocenters. The number of aryl methyl sites for hydroxylation is 1. The van der Waals surface area contributed by atoms with E-state index >= 15 is 0 Å². The highest BCUT2D eigenvalue weighted by molar-refractivity contribution is 6.05. The molecule has 2 saturated carbocycles. The molecule has 0 spiro atoms. The summed E-state index contributed by atoms with van der Waals surface area (Å²) in [6, 6.07) is 2.51. The van der Waals surface area contributed by atoms with Gasteiger partial charge in [0.15, 0.2) is 11.6 Å². The predicted octanol–water partition coefficient (Wildman–Crippen LogP) is 3.10. The molecule has 1 aromatic carbocycles. The van der Waals surface area contributed by atoms with E-state index < -0.39 is 17.9 Å². The van der Waals surface area contributed by atoms with Crippen LogP contribution in [0.25, 0.3) is 0 Å². The van der Waals surface area contributed by atoms with Crippen LogP contribution in [0.3, 0.4) is 0 Å². The van der Waals surface area contributed by atoms with Crippen LogP contribution in [0.4, 0.5) is 5.69 Å². The molecule has 2 aromatic rings. The molecule has 30 heavy (non-hydrogen) atoms. The molecular weight excluding hydrogens is 386 g/mol. The molecule has 2 aliphatic carbocycles. The highest BCUT2D eigenvalue weighted by Crippen LogP contribution is 2.39. The minimum Gasteiger partial charge on any atom is -0.507 e. The fourth-order valence-electron chi connectivity index (χ4n) is 3.91. The van der Waals surface area contributed by atoms with Gasteiger partial charge in [0.1, 0.15) is 12.0 Å². The number of nitrogens with zero attached hydrogens (tertiary/aromatic N) is 1. The van der Waals surface area contributed by atoms with Crippen LogP contribution in [0, 0.1) is 12.8 Å². The van der Waals surface area contributed by atoms with Gasteiger partial charge >= 0.3 is 0 Å². The lowest BCUT2D eigenvalue weighted by Crippen LogP contribution is -2.48. The fourth-order valence-corrected chi connectivity index (χ4v) is 3.91. The molecule has 1 aromatic heterocycles. The highest BCUT2D eigenvalue weighted by Gasteiger charge is 2.31. The standard InChI is InChI=1S/C22H27N3O5/c1-11-4-3-5-15(19(11)27)23-20(28)14-9-16(12(2)8-18(14)26)24-21(29)17-10-30-22(25-17)13-6-7-13/h8-11,13,15,19,26-27H,3-7H2,1-2H3,(H,23,28)(H,24,29)/t11-,15-,19-/m0/s1. The molecule has 0 saturated heterocycles. The SMILES string of the molecule is Cc1cc(O)c(C(=O)N[C@H]2CCC[C@H](C)[C@@H]2O)cc1NC(=O)c1coc(C2CC2)n1. The van der Waals surface area contributed by atoms with Crippen LogP contribution >= 0.6 is 0 Å². The van der Waals surface area contributed by atoms with Crippen LogP contribution in [0.5, 0.6) is 5.75 Å². The van der Waals surface area contributed by atoms with Crippen molar-refractivity contribution in [2.75, 3.05) is 5.32 Å². The Morgan fingerprint density at radius 2 is 1.93 bits per heavy atom. The number of oxazole rings is 1. The van der Waals surface area contributed by atoms with Gasteiger partial charge in [0, 0.05) is 11.6 Å². The molecule has 0 unspecified atom stereocenters. The van der Waals surface area contributed by atoms with E-state index in [1.807, 2.05) is 6.92 Å². The number of aromatic hydroxyl groups is 1. The maximum atomic E-state index is 12.8. The Morgan fingerprint density at radius 1 is 1.17 bits per heavy atom. The molecule has 0 bridgehead atoms. The number of rotatable bonds is 5. The quantitative estimate of drug-likeness (QED) is 0.558. The van der Waals surface area contributed by atoms with Crippen LogP contribution < -0.4 is 10.6 Å². The Morgan fingerprint density at radius 3 is 2.67 bits per heavy atom. The number of phenolic OH excluding ortho intramolecular Hbond substituents is 1. The van der Waals surface area contributed by atoms with Gasteiger partial charge in [0.05, 0.1) is 17.7 Å². The molecule has 8 nitrogen and oxygen atoms in total. The zero-order chi connectivity index (χ0) is 21.4. The molecule has 2 aliphatic rings. The van der Waals surface area contributed by atoms with Gasteiger partial charge < -0.3 is 25.3 Å². The van der Waals surface area contributed by atoms with Gasteiger partial charge in [0.25, 0.3) is 11.8 Å². The van der Waals surface area contributed by atoms with E-state index in [2.05, 4.69) is 15.6 Å². The van der Waals surface area contributed by atoms with Gasteiger partial charge in [0.2, 0.25) is 0 Å². The van der Waals surface area contributed by atoms with E-state index in [0.717, 1.165) is 25.7 Å². The Kier molecular flexibility index (Phi) is 5.51. The highest BCUT2D eigenvalue weighted by atomic mass is 16.3. The van der Waals surface area contributed by atoms with E-state index in [1.54, 1.807) is 6.92 Å². The number of aliphatic hydroxyl groups is 1. The van der Waals surface area contributed by atoms with E-state index in [-0.39, 0.29) is 29.0 Å². The maximum Gasteiger partial charge on any atom is 0.277 e. The third kappa shape index (κ3) is 4.18. The molecule has 2 amide bonds. The van der Waals surface area contributed by atoms with Gasteiger partial charge in [-0.05, 0) is 56.2 Å². The summed E-state index contributed by atoms with van der Waals surface area (Å²) < 4.78 is 5.36. The third-order valence-corrected chi connectivity index (χ3v) is 6.00.